The highest BCUT2D eigenvalue weighted by Gasteiger charge is 2.40. The number of hydrogen-bond acceptors (Lipinski definition) is 4. The van der Waals surface area contributed by atoms with Gasteiger partial charge in [-0.1, -0.05) is 27.7 Å². The Bertz CT molecular complexity index is 487. The van der Waals surface area contributed by atoms with Gasteiger partial charge in [0.25, 0.3) is 0 Å². The molecule has 21 heavy (non-hydrogen) atoms. The monoisotopic (exact) mass is 318 g/mol. The van der Waals surface area contributed by atoms with Gasteiger partial charge in [-0.25, -0.2) is 8.42 Å². The fourth-order valence-electron chi connectivity index (χ4n) is 2.56. The predicted molar refractivity (Wildman–Crippen MR) is 81.5 cm³/mol. The Labute approximate surface area is 127 Å². The number of amides is 2. The molecular formula is C14H26N2O4S. The minimum atomic E-state index is -3.17. The van der Waals surface area contributed by atoms with Gasteiger partial charge in [-0.15, -0.1) is 0 Å². The summed E-state index contributed by atoms with van der Waals surface area (Å²) in [4.78, 5) is 26.0. The van der Waals surface area contributed by atoms with Crippen LogP contribution in [0.5, 0.6) is 0 Å². The minimum Gasteiger partial charge on any atom is -0.342 e. The Hall–Kier alpha value is -1.11. The third-order valence-corrected chi connectivity index (χ3v) is 5.57. The van der Waals surface area contributed by atoms with E-state index in [2.05, 4.69) is 5.32 Å². The van der Waals surface area contributed by atoms with Crippen LogP contribution in [0.4, 0.5) is 0 Å². The lowest BCUT2D eigenvalue weighted by atomic mass is 9.97. The molecule has 7 heteroatoms. The number of sulfone groups is 1. The van der Waals surface area contributed by atoms with E-state index in [1.165, 1.54) is 4.90 Å². The van der Waals surface area contributed by atoms with Crippen molar-refractivity contribution >= 4 is 21.7 Å². The second-order valence-electron chi connectivity index (χ2n) is 5.84. The molecular weight excluding hydrogens is 292 g/mol. The Kier molecular flexibility index (Phi) is 6.19. The molecule has 0 radical (unpaired) electrons. The second kappa shape index (κ2) is 7.24. The topological polar surface area (TPSA) is 83.6 Å². The molecule has 2 atom stereocenters. The van der Waals surface area contributed by atoms with Gasteiger partial charge in [-0.2, -0.15) is 0 Å². The highest BCUT2D eigenvalue weighted by Crippen LogP contribution is 2.17. The number of nitrogens with zero attached hydrogens (tertiary/aromatic N) is 1. The van der Waals surface area contributed by atoms with Crippen LogP contribution in [0.1, 0.15) is 40.5 Å². The van der Waals surface area contributed by atoms with Crippen LogP contribution in [0, 0.1) is 5.92 Å². The van der Waals surface area contributed by atoms with Gasteiger partial charge in [-0.05, 0) is 18.8 Å². The van der Waals surface area contributed by atoms with Gasteiger partial charge in [0.1, 0.15) is 12.1 Å². The second-order valence-corrected chi connectivity index (χ2v) is 8.14. The molecule has 1 saturated heterocycles. The summed E-state index contributed by atoms with van der Waals surface area (Å²) in [6, 6.07) is -1.13. The van der Waals surface area contributed by atoms with Crippen molar-refractivity contribution in [2.45, 2.75) is 52.6 Å². The zero-order valence-corrected chi connectivity index (χ0v) is 14.1. The maximum Gasteiger partial charge on any atom is 0.246 e. The third kappa shape index (κ3) is 4.43. The van der Waals surface area contributed by atoms with Crippen LogP contribution in [0.25, 0.3) is 0 Å². The molecule has 2 amide bonds. The Balaban J connectivity index is 2.88. The molecule has 2 unspecified atom stereocenters. The Morgan fingerprint density at radius 2 is 1.81 bits per heavy atom. The molecule has 1 rings (SSSR count). The average molecular weight is 318 g/mol. The van der Waals surface area contributed by atoms with Gasteiger partial charge in [0, 0.05) is 12.3 Å². The van der Waals surface area contributed by atoms with Crippen molar-refractivity contribution in [3.8, 4) is 0 Å². The summed E-state index contributed by atoms with van der Waals surface area (Å²) in [5.74, 6) is -0.354. The quantitative estimate of drug-likeness (QED) is 0.744. The standard InChI is InChI=1S/C14H26N2O4S/c1-5-8-21(19,20)9-7-16-11(6-2)13(17)15-12(10(3)4)14(16)18/h10-12H,5-9H2,1-4H3,(H,15,17). The fraction of sp³-hybridized carbons (Fsp3) is 0.857. The number of piperazine rings is 1. The largest absolute Gasteiger partial charge is 0.342 e. The summed E-state index contributed by atoms with van der Waals surface area (Å²) in [5.41, 5.74) is 0. The molecule has 1 heterocycles. The molecule has 0 saturated carbocycles. The maximum absolute atomic E-state index is 12.5. The lowest BCUT2D eigenvalue weighted by Gasteiger charge is -2.40. The van der Waals surface area contributed by atoms with Gasteiger partial charge in [0.05, 0.1) is 5.75 Å². The first-order chi connectivity index (χ1) is 9.73. The molecule has 1 N–H and O–H groups in total. The van der Waals surface area contributed by atoms with Crippen LogP contribution in [0.15, 0.2) is 0 Å². The summed E-state index contributed by atoms with van der Waals surface area (Å²) >= 11 is 0. The molecule has 0 bridgehead atoms. The first kappa shape index (κ1) is 17.9. The smallest absolute Gasteiger partial charge is 0.246 e. The summed E-state index contributed by atoms with van der Waals surface area (Å²) in [6.45, 7) is 7.44. The Morgan fingerprint density at radius 3 is 2.29 bits per heavy atom. The first-order valence-electron chi connectivity index (χ1n) is 7.54. The summed E-state index contributed by atoms with van der Waals surface area (Å²) < 4.78 is 23.7. The van der Waals surface area contributed by atoms with E-state index in [1.54, 1.807) is 6.92 Å². The minimum absolute atomic E-state index is 0.0194. The molecule has 0 aromatic carbocycles. The lowest BCUT2D eigenvalue weighted by molar-refractivity contribution is -0.150. The summed E-state index contributed by atoms with van der Waals surface area (Å²) in [7, 11) is -3.17. The van der Waals surface area contributed by atoms with Crippen LogP contribution in [0.3, 0.4) is 0 Å². The third-order valence-electron chi connectivity index (χ3n) is 3.74. The van der Waals surface area contributed by atoms with Crippen LogP contribution in [-0.4, -0.2) is 55.3 Å². The van der Waals surface area contributed by atoms with Crippen LogP contribution in [0.2, 0.25) is 0 Å². The molecule has 122 valence electrons. The Morgan fingerprint density at radius 1 is 1.19 bits per heavy atom. The number of carbonyl (C=O) groups is 2. The SMILES string of the molecule is CCCS(=O)(=O)CCN1C(=O)C(C(C)C)NC(=O)C1CC. The van der Waals surface area contributed by atoms with E-state index < -0.39 is 21.9 Å². The number of nitrogens with one attached hydrogen (secondary N) is 1. The molecule has 0 aliphatic carbocycles. The summed E-state index contributed by atoms with van der Waals surface area (Å²) in [6.07, 6.45) is 1.04. The lowest BCUT2D eigenvalue weighted by Crippen LogP contribution is -2.65. The van der Waals surface area contributed by atoms with Crippen molar-refractivity contribution in [3.05, 3.63) is 0 Å². The van der Waals surface area contributed by atoms with Gasteiger partial charge in [0.15, 0.2) is 9.84 Å². The molecule has 0 spiro atoms. The van der Waals surface area contributed by atoms with Gasteiger partial charge in [-0.3, -0.25) is 9.59 Å². The first-order valence-corrected chi connectivity index (χ1v) is 9.36. The fourth-order valence-corrected chi connectivity index (χ4v) is 3.86. The van der Waals surface area contributed by atoms with Gasteiger partial charge < -0.3 is 10.2 Å². The van der Waals surface area contributed by atoms with Gasteiger partial charge >= 0.3 is 0 Å². The highest BCUT2D eigenvalue weighted by molar-refractivity contribution is 7.91. The van der Waals surface area contributed by atoms with E-state index in [0.29, 0.717) is 12.8 Å². The molecule has 0 aromatic rings. The van der Waals surface area contributed by atoms with Crippen LogP contribution < -0.4 is 5.32 Å². The van der Waals surface area contributed by atoms with E-state index in [-0.39, 0.29) is 35.8 Å². The average Bonchev–Trinajstić information content (AvgIpc) is 2.38. The van der Waals surface area contributed by atoms with Crippen LogP contribution >= 0.6 is 0 Å². The van der Waals surface area contributed by atoms with E-state index >= 15 is 0 Å². The van der Waals surface area contributed by atoms with E-state index in [1.807, 2.05) is 20.8 Å². The van der Waals surface area contributed by atoms with Gasteiger partial charge in [0.2, 0.25) is 11.8 Å². The summed E-state index contributed by atoms with van der Waals surface area (Å²) in [5, 5.41) is 2.74. The number of rotatable bonds is 7. The predicted octanol–water partition coefficient (Wildman–Crippen LogP) is 0.573. The van der Waals surface area contributed by atoms with E-state index in [9.17, 15) is 18.0 Å². The zero-order valence-electron chi connectivity index (χ0n) is 13.3. The van der Waals surface area contributed by atoms with Crippen molar-refractivity contribution in [3.63, 3.8) is 0 Å². The molecule has 1 aliphatic rings. The molecule has 1 fully saturated rings. The molecule has 0 aromatic heterocycles. The molecule has 6 nitrogen and oxygen atoms in total. The van der Waals surface area contributed by atoms with Crippen molar-refractivity contribution in [1.82, 2.24) is 10.2 Å². The number of carbonyl (C=O) groups excluding carboxylic acids is 2. The normalized spacial score (nSPS) is 23.6. The van der Waals surface area contributed by atoms with Crippen LogP contribution in [-0.2, 0) is 19.4 Å². The van der Waals surface area contributed by atoms with Crippen molar-refractivity contribution < 1.29 is 18.0 Å². The molecule has 1 aliphatic heterocycles. The zero-order chi connectivity index (χ0) is 16.2. The van der Waals surface area contributed by atoms with Crippen molar-refractivity contribution in [1.29, 1.82) is 0 Å². The maximum atomic E-state index is 12.5. The van der Waals surface area contributed by atoms with Crippen molar-refractivity contribution in [2.75, 3.05) is 18.1 Å². The van der Waals surface area contributed by atoms with Crippen molar-refractivity contribution in [2.24, 2.45) is 5.92 Å². The van der Waals surface area contributed by atoms with E-state index in [4.69, 9.17) is 0 Å². The highest BCUT2D eigenvalue weighted by atomic mass is 32.2. The van der Waals surface area contributed by atoms with E-state index in [0.717, 1.165) is 0 Å². The number of hydrogen-bond donors (Lipinski definition) is 1.